The molecule has 1 atom stereocenters. The van der Waals surface area contributed by atoms with Crippen molar-refractivity contribution < 1.29 is 14.1 Å². The van der Waals surface area contributed by atoms with E-state index in [4.69, 9.17) is 10.5 Å². The molecule has 208 valence electrons. The van der Waals surface area contributed by atoms with Gasteiger partial charge < -0.3 is 10.5 Å². The van der Waals surface area contributed by atoms with Gasteiger partial charge in [0, 0.05) is 12.1 Å². The maximum Gasteiger partial charge on any atom is 0.279 e. The second-order valence-electron chi connectivity index (χ2n) is 9.67. The number of nitro groups is 1. The predicted octanol–water partition coefficient (Wildman–Crippen LogP) is 4.06. The van der Waals surface area contributed by atoms with Crippen LogP contribution in [0, 0.1) is 41.1 Å². The van der Waals surface area contributed by atoms with Crippen LogP contribution >= 0.6 is 0 Å². The van der Waals surface area contributed by atoms with Crippen molar-refractivity contribution in [1.82, 2.24) is 19.1 Å². The minimum atomic E-state index is -1.25. The normalized spacial score (nSPS) is 14.2. The summed E-state index contributed by atoms with van der Waals surface area (Å²) in [5, 5.41) is 25.9. The van der Waals surface area contributed by atoms with Crippen LogP contribution in [-0.2, 0) is 0 Å². The van der Waals surface area contributed by atoms with Crippen molar-refractivity contribution in [3.63, 3.8) is 0 Å². The summed E-state index contributed by atoms with van der Waals surface area (Å²) >= 11 is 0. The van der Waals surface area contributed by atoms with Crippen molar-refractivity contribution in [2.24, 2.45) is 5.73 Å². The SMILES string of the molecule is Cc1ccc(-n2nc(C)c(C3C(C#N)=C(N)n4c(=O)c5cc([N+](=O)[O-])ccc5c(=O)n43)c2Oc2ccc(F)cc2)cc1. The van der Waals surface area contributed by atoms with Gasteiger partial charge in [-0.25, -0.2) is 13.8 Å². The fraction of sp³-hybridized carbons (Fsp3) is 0.103. The third-order valence-corrected chi connectivity index (χ3v) is 7.08. The number of benzene rings is 3. The van der Waals surface area contributed by atoms with E-state index in [1.165, 1.54) is 35.0 Å². The van der Waals surface area contributed by atoms with Gasteiger partial charge in [-0.15, -0.1) is 0 Å². The predicted molar refractivity (Wildman–Crippen MR) is 150 cm³/mol. The first-order chi connectivity index (χ1) is 20.1. The van der Waals surface area contributed by atoms with Gasteiger partial charge in [0.2, 0.25) is 5.88 Å². The second kappa shape index (κ2) is 9.56. The molecule has 0 amide bonds. The lowest BCUT2D eigenvalue weighted by molar-refractivity contribution is -0.384. The van der Waals surface area contributed by atoms with Gasteiger partial charge in [-0.1, -0.05) is 17.7 Å². The van der Waals surface area contributed by atoms with E-state index >= 15 is 0 Å². The molecule has 0 saturated carbocycles. The smallest absolute Gasteiger partial charge is 0.279 e. The topological polar surface area (TPSA) is 164 Å². The van der Waals surface area contributed by atoms with Gasteiger partial charge in [0.1, 0.15) is 35.1 Å². The lowest BCUT2D eigenvalue weighted by atomic mass is 10.0. The first-order valence-electron chi connectivity index (χ1n) is 12.6. The van der Waals surface area contributed by atoms with Crippen molar-refractivity contribution in [3.8, 4) is 23.4 Å². The van der Waals surface area contributed by atoms with Crippen molar-refractivity contribution in [2.45, 2.75) is 19.9 Å². The highest BCUT2D eigenvalue weighted by Gasteiger charge is 2.40. The molecule has 1 aliphatic heterocycles. The number of fused-ring (bicyclic) bond motifs is 2. The van der Waals surface area contributed by atoms with Crippen LogP contribution in [0.15, 0.2) is 81.9 Å². The molecule has 0 spiro atoms. The zero-order valence-corrected chi connectivity index (χ0v) is 22.1. The van der Waals surface area contributed by atoms with Gasteiger partial charge in [0.15, 0.2) is 0 Å². The van der Waals surface area contributed by atoms with Crippen molar-refractivity contribution in [1.29, 1.82) is 5.26 Å². The summed E-state index contributed by atoms with van der Waals surface area (Å²) in [6, 6.07) is 16.7. The molecule has 0 fully saturated rings. The number of nitrogens with two attached hydrogens (primary N) is 1. The van der Waals surface area contributed by atoms with Gasteiger partial charge in [-0.2, -0.15) is 15.0 Å². The molecule has 1 unspecified atom stereocenters. The third kappa shape index (κ3) is 3.93. The van der Waals surface area contributed by atoms with Gasteiger partial charge >= 0.3 is 0 Å². The minimum absolute atomic E-state index is 0.0941. The molecular formula is C29H20FN7O5. The number of non-ortho nitro benzene ring substituents is 1. The van der Waals surface area contributed by atoms with Gasteiger partial charge in [0.25, 0.3) is 16.8 Å². The van der Waals surface area contributed by atoms with Gasteiger partial charge in [0.05, 0.1) is 32.6 Å². The molecule has 0 radical (unpaired) electrons. The standard InChI is InChI=1S/C29H20FN7O5/c1-15-3-7-18(8-4-15)34-29(42-20-10-5-17(30)6-11-20)24(16(2)33-34)25-23(14-31)26(32)36-28(39)22-13-19(37(40)41)9-12-21(22)27(38)35(25)36/h3-13,25H,32H2,1-2H3. The van der Waals surface area contributed by atoms with Crippen molar-refractivity contribution >= 4 is 22.3 Å². The summed E-state index contributed by atoms with van der Waals surface area (Å²) in [6.07, 6.45) is 0. The Hall–Kier alpha value is -6.03. The molecule has 6 rings (SSSR count). The molecule has 3 aromatic carbocycles. The molecule has 5 aromatic rings. The Bertz CT molecular complexity index is 2140. The monoisotopic (exact) mass is 565 g/mol. The van der Waals surface area contributed by atoms with E-state index in [1.807, 2.05) is 25.1 Å². The van der Waals surface area contributed by atoms with E-state index in [0.717, 1.165) is 27.1 Å². The zero-order valence-electron chi connectivity index (χ0n) is 22.1. The number of hydrogen-bond acceptors (Lipinski definition) is 8. The van der Waals surface area contributed by atoms with E-state index in [-0.39, 0.29) is 45.0 Å². The number of hydrogen-bond donors (Lipinski definition) is 1. The number of rotatable bonds is 5. The molecule has 2 N–H and O–H groups in total. The van der Waals surface area contributed by atoms with Crippen LogP contribution in [0.4, 0.5) is 10.1 Å². The van der Waals surface area contributed by atoms with Gasteiger partial charge in [-0.05, 0) is 56.3 Å². The number of aromatic nitrogens is 4. The van der Waals surface area contributed by atoms with E-state index < -0.39 is 27.9 Å². The van der Waals surface area contributed by atoms with E-state index in [9.17, 15) is 29.4 Å². The van der Waals surface area contributed by atoms with Crippen LogP contribution in [0.5, 0.6) is 11.6 Å². The minimum Gasteiger partial charge on any atom is -0.439 e. The molecule has 1 aliphatic rings. The molecule has 13 heteroatoms. The number of halogens is 1. The Morgan fingerprint density at radius 2 is 1.71 bits per heavy atom. The summed E-state index contributed by atoms with van der Waals surface area (Å²) in [5.74, 6) is -0.440. The van der Waals surface area contributed by atoms with Crippen LogP contribution in [-0.4, -0.2) is 24.1 Å². The second-order valence-corrected chi connectivity index (χ2v) is 9.67. The Labute approximate surface area is 235 Å². The van der Waals surface area contributed by atoms with Crippen LogP contribution in [0.3, 0.4) is 0 Å². The van der Waals surface area contributed by atoms with Crippen molar-refractivity contribution in [2.75, 3.05) is 0 Å². The Morgan fingerprint density at radius 1 is 1.02 bits per heavy atom. The number of aryl methyl sites for hydroxylation is 2. The number of nitriles is 1. The number of nitrogens with zero attached hydrogens (tertiary/aromatic N) is 6. The average Bonchev–Trinajstić information content (AvgIpc) is 3.45. The molecule has 0 aliphatic carbocycles. The Kier molecular flexibility index (Phi) is 5.97. The fourth-order valence-corrected chi connectivity index (χ4v) is 5.06. The molecule has 3 heterocycles. The first kappa shape index (κ1) is 26.2. The molecule has 2 aromatic heterocycles. The fourth-order valence-electron chi connectivity index (χ4n) is 5.06. The number of allylic oxidation sites excluding steroid dienone is 1. The zero-order chi connectivity index (χ0) is 29.9. The Morgan fingerprint density at radius 3 is 2.36 bits per heavy atom. The largest absolute Gasteiger partial charge is 0.439 e. The lowest BCUT2D eigenvalue weighted by Crippen LogP contribution is -2.38. The summed E-state index contributed by atoms with van der Waals surface area (Å²) < 4.78 is 23.3. The number of nitro benzene ring substituents is 1. The lowest BCUT2D eigenvalue weighted by Gasteiger charge is -2.18. The van der Waals surface area contributed by atoms with Crippen LogP contribution in [0.1, 0.15) is 22.9 Å². The average molecular weight is 566 g/mol. The maximum absolute atomic E-state index is 13.9. The first-order valence-corrected chi connectivity index (χ1v) is 12.6. The van der Waals surface area contributed by atoms with Crippen molar-refractivity contribution in [3.05, 3.63) is 126 Å². The van der Waals surface area contributed by atoms with Gasteiger partial charge in [-0.3, -0.25) is 19.7 Å². The molecule has 42 heavy (non-hydrogen) atoms. The Balaban J connectivity index is 1.66. The summed E-state index contributed by atoms with van der Waals surface area (Å²) in [4.78, 5) is 38.2. The molecule has 12 nitrogen and oxygen atoms in total. The molecular weight excluding hydrogens is 545 g/mol. The third-order valence-electron chi connectivity index (χ3n) is 7.08. The summed E-state index contributed by atoms with van der Waals surface area (Å²) in [6.45, 7) is 3.57. The highest BCUT2D eigenvalue weighted by Crippen LogP contribution is 2.42. The molecule has 0 bridgehead atoms. The van der Waals surface area contributed by atoms with Crippen LogP contribution in [0.25, 0.3) is 22.3 Å². The molecule has 0 saturated heterocycles. The van der Waals surface area contributed by atoms with E-state index in [0.29, 0.717) is 11.4 Å². The summed E-state index contributed by atoms with van der Waals surface area (Å²) in [7, 11) is 0. The van der Waals surface area contributed by atoms with E-state index in [2.05, 4.69) is 5.10 Å². The van der Waals surface area contributed by atoms with E-state index in [1.54, 1.807) is 19.1 Å². The summed E-state index contributed by atoms with van der Waals surface area (Å²) in [5.41, 5.74) is 6.47. The maximum atomic E-state index is 13.9. The number of ether oxygens (including phenoxy) is 1. The van der Waals surface area contributed by atoms with Crippen LogP contribution < -0.4 is 21.6 Å². The quantitative estimate of drug-likeness (QED) is 0.246. The highest BCUT2D eigenvalue weighted by atomic mass is 19.1. The van der Waals surface area contributed by atoms with Crippen LogP contribution in [0.2, 0.25) is 0 Å². The highest BCUT2D eigenvalue weighted by molar-refractivity contribution is 5.84.